The summed E-state index contributed by atoms with van der Waals surface area (Å²) in [6.07, 6.45) is 5.13. The average molecular weight is 329 g/mol. The molecule has 120 valence electrons. The van der Waals surface area contributed by atoms with Gasteiger partial charge in [0.1, 0.15) is 5.82 Å². The van der Waals surface area contributed by atoms with E-state index < -0.39 is 0 Å². The number of nitrogens with one attached hydrogen (secondary N) is 1. The number of morpholine rings is 1. The van der Waals surface area contributed by atoms with Gasteiger partial charge in [-0.25, -0.2) is 4.98 Å². The van der Waals surface area contributed by atoms with Crippen LogP contribution in [0.25, 0.3) is 6.08 Å². The number of hydrogen-bond acceptors (Lipinski definition) is 5. The Labute approximate surface area is 139 Å². The molecule has 0 bridgehead atoms. The van der Waals surface area contributed by atoms with Crippen molar-refractivity contribution in [2.24, 2.45) is 0 Å². The molecule has 23 heavy (non-hydrogen) atoms. The Bertz CT molecular complexity index is 688. The topological polar surface area (TPSA) is 54.5 Å². The quantitative estimate of drug-likeness (QED) is 0.876. The second-order valence-electron chi connectivity index (χ2n) is 5.27. The lowest BCUT2D eigenvalue weighted by atomic mass is 10.3. The maximum Gasteiger partial charge on any atom is 0.249 e. The first-order chi connectivity index (χ1) is 11.2. The van der Waals surface area contributed by atoms with Crippen molar-refractivity contribution in [3.05, 3.63) is 46.3 Å². The van der Waals surface area contributed by atoms with Gasteiger partial charge in [0.2, 0.25) is 5.91 Å². The Morgan fingerprint density at radius 1 is 1.30 bits per heavy atom. The summed E-state index contributed by atoms with van der Waals surface area (Å²) in [6.45, 7) is 5.27. The van der Waals surface area contributed by atoms with E-state index in [-0.39, 0.29) is 5.91 Å². The lowest BCUT2D eigenvalue weighted by molar-refractivity contribution is -0.111. The first-order valence-electron chi connectivity index (χ1n) is 7.55. The van der Waals surface area contributed by atoms with Crippen LogP contribution in [-0.2, 0) is 9.53 Å². The zero-order chi connectivity index (χ0) is 16.1. The number of aromatic nitrogens is 1. The molecule has 2 aromatic heterocycles. The van der Waals surface area contributed by atoms with Crippen molar-refractivity contribution in [2.75, 3.05) is 36.5 Å². The third kappa shape index (κ3) is 4.40. The van der Waals surface area contributed by atoms with E-state index in [0.29, 0.717) is 5.82 Å². The van der Waals surface area contributed by atoms with Crippen LogP contribution in [0.4, 0.5) is 11.5 Å². The molecule has 2 aromatic rings. The number of hydrogen-bond donors (Lipinski definition) is 1. The molecule has 1 amide bonds. The highest BCUT2D eigenvalue weighted by atomic mass is 32.1. The van der Waals surface area contributed by atoms with Crippen LogP contribution < -0.4 is 10.2 Å². The molecule has 1 aliphatic heterocycles. The minimum absolute atomic E-state index is 0.178. The third-order valence-corrected chi connectivity index (χ3v) is 4.50. The Balaban J connectivity index is 1.57. The highest BCUT2D eigenvalue weighted by Gasteiger charge is 2.11. The van der Waals surface area contributed by atoms with Crippen molar-refractivity contribution in [3.8, 4) is 0 Å². The molecule has 6 heteroatoms. The summed E-state index contributed by atoms with van der Waals surface area (Å²) in [5, 5.41) is 2.77. The van der Waals surface area contributed by atoms with Crippen molar-refractivity contribution in [3.63, 3.8) is 0 Å². The highest BCUT2D eigenvalue weighted by Crippen LogP contribution is 2.18. The van der Waals surface area contributed by atoms with Gasteiger partial charge < -0.3 is 15.0 Å². The fraction of sp³-hybridized carbons (Fsp3) is 0.294. The van der Waals surface area contributed by atoms with E-state index in [1.54, 1.807) is 17.5 Å². The molecule has 3 rings (SSSR count). The summed E-state index contributed by atoms with van der Waals surface area (Å²) >= 11 is 1.66. The average Bonchev–Trinajstić information content (AvgIpc) is 3.00. The van der Waals surface area contributed by atoms with Crippen molar-refractivity contribution in [1.29, 1.82) is 0 Å². The SMILES string of the molecule is Cc1ccc(/C=C/C(=O)Nc2ccc(N3CCOCC3)cn2)s1. The van der Waals surface area contributed by atoms with Crippen molar-refractivity contribution >= 4 is 34.8 Å². The predicted molar refractivity (Wildman–Crippen MR) is 94.0 cm³/mol. The van der Waals surface area contributed by atoms with Gasteiger partial charge in [-0.1, -0.05) is 0 Å². The van der Waals surface area contributed by atoms with Crippen molar-refractivity contribution < 1.29 is 9.53 Å². The molecule has 0 radical (unpaired) electrons. The zero-order valence-electron chi connectivity index (χ0n) is 13.0. The minimum Gasteiger partial charge on any atom is -0.378 e. The molecule has 0 aliphatic carbocycles. The van der Waals surface area contributed by atoms with E-state index in [9.17, 15) is 4.79 Å². The summed E-state index contributed by atoms with van der Waals surface area (Å²) in [5.41, 5.74) is 1.05. The van der Waals surface area contributed by atoms with Gasteiger partial charge in [-0.2, -0.15) is 0 Å². The van der Waals surface area contributed by atoms with Crippen LogP contribution in [0.3, 0.4) is 0 Å². The van der Waals surface area contributed by atoms with Gasteiger partial charge in [-0.15, -0.1) is 11.3 Å². The largest absolute Gasteiger partial charge is 0.378 e. The fourth-order valence-corrected chi connectivity index (χ4v) is 3.12. The molecule has 0 unspecified atom stereocenters. The Morgan fingerprint density at radius 2 is 2.13 bits per heavy atom. The monoisotopic (exact) mass is 329 g/mol. The smallest absolute Gasteiger partial charge is 0.249 e. The molecule has 1 N–H and O–H groups in total. The van der Waals surface area contributed by atoms with E-state index in [2.05, 4.69) is 15.2 Å². The van der Waals surface area contributed by atoms with Crippen LogP contribution >= 0.6 is 11.3 Å². The Hall–Kier alpha value is -2.18. The van der Waals surface area contributed by atoms with E-state index in [1.165, 1.54) is 11.0 Å². The Morgan fingerprint density at radius 3 is 2.78 bits per heavy atom. The number of rotatable bonds is 4. The highest BCUT2D eigenvalue weighted by molar-refractivity contribution is 7.12. The predicted octanol–water partition coefficient (Wildman–Crippen LogP) is 2.94. The summed E-state index contributed by atoms with van der Waals surface area (Å²) in [6, 6.07) is 7.83. The van der Waals surface area contributed by atoms with Crippen molar-refractivity contribution in [2.45, 2.75) is 6.92 Å². The van der Waals surface area contributed by atoms with Gasteiger partial charge in [0.15, 0.2) is 0 Å². The van der Waals surface area contributed by atoms with E-state index in [1.807, 2.05) is 37.3 Å². The summed E-state index contributed by atoms with van der Waals surface area (Å²) in [5.74, 6) is 0.377. The second-order valence-corrected chi connectivity index (χ2v) is 6.59. The number of thiophene rings is 1. The van der Waals surface area contributed by atoms with Gasteiger partial charge in [-0.3, -0.25) is 4.79 Å². The molecule has 5 nitrogen and oxygen atoms in total. The second kappa shape index (κ2) is 7.39. The third-order valence-electron chi connectivity index (χ3n) is 3.54. The van der Waals surface area contributed by atoms with Gasteiger partial charge >= 0.3 is 0 Å². The number of aryl methyl sites for hydroxylation is 1. The molecule has 1 aliphatic rings. The zero-order valence-corrected chi connectivity index (χ0v) is 13.8. The van der Waals surface area contributed by atoms with Crippen LogP contribution in [0.2, 0.25) is 0 Å². The van der Waals surface area contributed by atoms with Gasteiger partial charge in [-0.05, 0) is 37.3 Å². The molecule has 1 fully saturated rings. The maximum absolute atomic E-state index is 11.9. The number of pyridine rings is 1. The number of anilines is 2. The number of carbonyl (C=O) groups is 1. The van der Waals surface area contributed by atoms with Crippen LogP contribution in [0.15, 0.2) is 36.5 Å². The minimum atomic E-state index is -0.178. The van der Waals surface area contributed by atoms with Gasteiger partial charge in [0, 0.05) is 28.9 Å². The molecule has 0 saturated carbocycles. The number of amides is 1. The maximum atomic E-state index is 11.9. The summed E-state index contributed by atoms with van der Waals surface area (Å²) < 4.78 is 5.34. The standard InChI is InChI=1S/C17H19N3O2S/c1-13-2-4-15(23-13)5-7-17(21)19-16-6-3-14(12-18-16)20-8-10-22-11-9-20/h2-7,12H,8-11H2,1H3,(H,18,19,21)/b7-5+. The van der Waals surface area contributed by atoms with Crippen LogP contribution in [0, 0.1) is 6.92 Å². The fourth-order valence-electron chi connectivity index (χ4n) is 2.34. The molecule has 0 spiro atoms. The van der Waals surface area contributed by atoms with Crippen LogP contribution in [0.1, 0.15) is 9.75 Å². The normalized spacial score (nSPS) is 15.1. The lowest BCUT2D eigenvalue weighted by Gasteiger charge is -2.28. The molecule has 0 aromatic carbocycles. The molecule has 0 atom stereocenters. The number of carbonyl (C=O) groups excluding carboxylic acids is 1. The van der Waals surface area contributed by atoms with E-state index in [0.717, 1.165) is 36.9 Å². The Kier molecular flexibility index (Phi) is 5.05. The van der Waals surface area contributed by atoms with Crippen LogP contribution in [-0.4, -0.2) is 37.2 Å². The van der Waals surface area contributed by atoms with Crippen LogP contribution in [0.5, 0.6) is 0 Å². The molecule has 1 saturated heterocycles. The summed E-state index contributed by atoms with van der Waals surface area (Å²) in [7, 11) is 0. The number of nitrogens with zero attached hydrogens (tertiary/aromatic N) is 2. The number of ether oxygens (including phenoxy) is 1. The molecular formula is C17H19N3O2S. The summed E-state index contributed by atoms with van der Waals surface area (Å²) in [4.78, 5) is 20.7. The first-order valence-corrected chi connectivity index (χ1v) is 8.36. The first kappa shape index (κ1) is 15.7. The van der Waals surface area contributed by atoms with E-state index >= 15 is 0 Å². The van der Waals surface area contributed by atoms with Gasteiger partial charge in [0.25, 0.3) is 0 Å². The van der Waals surface area contributed by atoms with Gasteiger partial charge in [0.05, 0.1) is 25.1 Å². The van der Waals surface area contributed by atoms with E-state index in [4.69, 9.17) is 4.74 Å². The lowest BCUT2D eigenvalue weighted by Crippen LogP contribution is -2.36. The molecule has 3 heterocycles. The van der Waals surface area contributed by atoms with Crippen molar-refractivity contribution in [1.82, 2.24) is 4.98 Å². The molecular weight excluding hydrogens is 310 g/mol.